The number of aromatic carboxylic acids is 1. The monoisotopic (exact) mass is 310 g/mol. The van der Waals surface area contributed by atoms with Crippen LogP contribution in [0.1, 0.15) is 23.1 Å². The van der Waals surface area contributed by atoms with E-state index in [4.69, 9.17) is 5.11 Å². The van der Waals surface area contributed by atoms with Gasteiger partial charge in [0, 0.05) is 18.9 Å². The molecule has 0 radical (unpaired) electrons. The summed E-state index contributed by atoms with van der Waals surface area (Å²) in [6.07, 6.45) is 2.63. The molecule has 2 aromatic rings. The van der Waals surface area contributed by atoms with Crippen molar-refractivity contribution >= 4 is 21.8 Å². The molecule has 0 aliphatic heterocycles. The van der Waals surface area contributed by atoms with Crippen LogP contribution in [0.5, 0.6) is 0 Å². The van der Waals surface area contributed by atoms with Gasteiger partial charge in [0.1, 0.15) is 11.6 Å². The summed E-state index contributed by atoms with van der Waals surface area (Å²) in [6, 6.07) is 2.42. The second-order valence-electron chi connectivity index (χ2n) is 4.25. The predicted molar refractivity (Wildman–Crippen MR) is 74.6 cm³/mol. The Hall–Kier alpha value is -2.42. The number of anilines is 1. The maximum atomic E-state index is 12.2. The number of aromatic nitrogens is 3. The van der Waals surface area contributed by atoms with Gasteiger partial charge in [0.2, 0.25) is 0 Å². The number of hydrogen-bond acceptors (Lipinski definition) is 5. The number of hydrogen-bond donors (Lipinski definition) is 2. The lowest BCUT2D eigenvalue weighted by Gasteiger charge is -2.05. The molecule has 8 nitrogen and oxygen atoms in total. The van der Waals surface area contributed by atoms with Crippen LogP contribution in [0.15, 0.2) is 29.6 Å². The fourth-order valence-electron chi connectivity index (χ4n) is 1.74. The van der Waals surface area contributed by atoms with Crippen molar-refractivity contribution in [2.24, 2.45) is 0 Å². The van der Waals surface area contributed by atoms with Gasteiger partial charge in [-0.1, -0.05) is 0 Å². The molecule has 0 atom stereocenters. The second kappa shape index (κ2) is 5.52. The van der Waals surface area contributed by atoms with Crippen molar-refractivity contribution < 1.29 is 18.3 Å². The summed E-state index contributed by atoms with van der Waals surface area (Å²) in [5.74, 6) is -0.660. The van der Waals surface area contributed by atoms with Gasteiger partial charge in [0.25, 0.3) is 10.0 Å². The summed E-state index contributed by atoms with van der Waals surface area (Å²) in [7, 11) is -3.90. The normalized spacial score (nSPS) is 11.3. The van der Waals surface area contributed by atoms with Crippen molar-refractivity contribution in [3.05, 3.63) is 35.9 Å². The Morgan fingerprint density at radius 3 is 2.76 bits per heavy atom. The maximum absolute atomic E-state index is 12.2. The number of pyridine rings is 1. The topological polar surface area (TPSA) is 114 Å². The van der Waals surface area contributed by atoms with E-state index in [2.05, 4.69) is 14.7 Å². The fraction of sp³-hybridized carbons (Fsp3) is 0.250. The lowest BCUT2D eigenvalue weighted by Crippen LogP contribution is -2.15. The Kier molecular flexibility index (Phi) is 3.94. The third-order valence-corrected chi connectivity index (χ3v) is 4.04. The molecule has 2 N–H and O–H groups in total. The summed E-state index contributed by atoms with van der Waals surface area (Å²) >= 11 is 0. The van der Waals surface area contributed by atoms with Crippen LogP contribution in [0.2, 0.25) is 0 Å². The van der Waals surface area contributed by atoms with Gasteiger partial charge in [-0.2, -0.15) is 8.42 Å². The molecule has 0 aliphatic rings. The highest BCUT2D eigenvalue weighted by Gasteiger charge is 2.20. The van der Waals surface area contributed by atoms with Crippen LogP contribution >= 0.6 is 0 Å². The average Bonchev–Trinajstić information content (AvgIpc) is 2.80. The van der Waals surface area contributed by atoms with Crippen molar-refractivity contribution in [3.63, 3.8) is 0 Å². The first kappa shape index (κ1) is 15.0. The van der Waals surface area contributed by atoms with Crippen LogP contribution in [0.3, 0.4) is 0 Å². The van der Waals surface area contributed by atoms with Crippen molar-refractivity contribution in [1.82, 2.24) is 14.5 Å². The first-order chi connectivity index (χ1) is 9.83. The van der Waals surface area contributed by atoms with Gasteiger partial charge < -0.3 is 9.67 Å². The zero-order valence-electron chi connectivity index (χ0n) is 11.4. The largest absolute Gasteiger partial charge is 0.478 e. The van der Waals surface area contributed by atoms with Gasteiger partial charge in [-0.25, -0.2) is 14.8 Å². The van der Waals surface area contributed by atoms with Crippen LogP contribution in [-0.4, -0.2) is 34.0 Å². The van der Waals surface area contributed by atoms with Crippen LogP contribution < -0.4 is 4.72 Å². The summed E-state index contributed by atoms with van der Waals surface area (Å²) < 4.78 is 28.3. The van der Waals surface area contributed by atoms with Gasteiger partial charge in [0.05, 0.1) is 5.56 Å². The zero-order chi connectivity index (χ0) is 15.6. The van der Waals surface area contributed by atoms with E-state index in [0.29, 0.717) is 12.4 Å². The highest BCUT2D eigenvalue weighted by molar-refractivity contribution is 7.92. The predicted octanol–water partition coefficient (Wildman–Crippen LogP) is 1.11. The molecular formula is C12H14N4O4S. The van der Waals surface area contributed by atoms with Crippen LogP contribution in [0, 0.1) is 6.92 Å². The number of carbonyl (C=O) groups is 1. The maximum Gasteiger partial charge on any atom is 0.335 e. The van der Waals surface area contributed by atoms with Gasteiger partial charge in [-0.3, -0.25) is 4.72 Å². The third kappa shape index (κ3) is 3.19. The van der Waals surface area contributed by atoms with E-state index in [1.54, 1.807) is 11.5 Å². The minimum absolute atomic E-state index is 0.0574. The Bertz CT molecular complexity index is 782. The first-order valence-corrected chi connectivity index (χ1v) is 7.57. The Morgan fingerprint density at radius 1 is 1.48 bits per heavy atom. The number of carboxylic acids is 1. The fourth-order valence-corrected chi connectivity index (χ4v) is 2.75. The third-order valence-electron chi connectivity index (χ3n) is 2.82. The molecule has 21 heavy (non-hydrogen) atoms. The van der Waals surface area contributed by atoms with Crippen molar-refractivity contribution in [1.29, 1.82) is 0 Å². The molecule has 0 saturated carbocycles. The molecule has 112 valence electrons. The van der Waals surface area contributed by atoms with E-state index < -0.39 is 16.0 Å². The Morgan fingerprint density at radius 2 is 2.19 bits per heavy atom. The van der Waals surface area contributed by atoms with E-state index in [1.165, 1.54) is 18.5 Å². The number of carboxylic acid groups (broad SMARTS) is 1. The lowest BCUT2D eigenvalue weighted by molar-refractivity contribution is 0.0697. The highest BCUT2D eigenvalue weighted by Crippen LogP contribution is 2.15. The van der Waals surface area contributed by atoms with E-state index >= 15 is 0 Å². The highest BCUT2D eigenvalue weighted by atomic mass is 32.2. The number of nitrogens with one attached hydrogen (secondary N) is 1. The van der Waals surface area contributed by atoms with Gasteiger partial charge in [-0.15, -0.1) is 0 Å². The molecule has 0 aliphatic carbocycles. The molecule has 0 spiro atoms. The SMILES string of the molecule is CCn1cc(S(=O)(=O)Nc2cc(C(=O)O)ccn2)nc1C. The van der Waals surface area contributed by atoms with Gasteiger partial charge in [0.15, 0.2) is 5.03 Å². The van der Waals surface area contributed by atoms with E-state index in [0.717, 1.165) is 6.07 Å². The molecule has 0 amide bonds. The molecule has 0 aromatic carbocycles. The molecule has 0 unspecified atom stereocenters. The molecule has 2 aromatic heterocycles. The molecule has 0 saturated heterocycles. The average molecular weight is 310 g/mol. The molecule has 2 rings (SSSR count). The standard InChI is InChI=1S/C12H14N4O4S/c1-3-16-7-11(14-8(16)2)21(19,20)15-10-6-9(12(17)18)4-5-13-10/h4-7H,3H2,1-2H3,(H,13,15)(H,17,18). The number of nitrogens with zero attached hydrogens (tertiary/aromatic N) is 3. The minimum Gasteiger partial charge on any atom is -0.478 e. The van der Waals surface area contributed by atoms with Crippen molar-refractivity contribution in [2.75, 3.05) is 4.72 Å². The molecule has 9 heteroatoms. The molecule has 2 heterocycles. The number of aryl methyl sites for hydroxylation is 2. The van der Waals surface area contributed by atoms with Crippen molar-refractivity contribution in [2.45, 2.75) is 25.4 Å². The Balaban J connectivity index is 2.32. The van der Waals surface area contributed by atoms with E-state index in [-0.39, 0.29) is 16.4 Å². The number of imidazole rings is 1. The van der Waals surface area contributed by atoms with Gasteiger partial charge in [-0.05, 0) is 26.0 Å². The smallest absolute Gasteiger partial charge is 0.335 e. The van der Waals surface area contributed by atoms with Crippen LogP contribution in [0.4, 0.5) is 5.82 Å². The summed E-state index contributed by atoms with van der Waals surface area (Å²) in [5.41, 5.74) is -0.0574. The molecule has 0 bridgehead atoms. The van der Waals surface area contributed by atoms with Crippen molar-refractivity contribution in [3.8, 4) is 0 Å². The number of sulfonamides is 1. The minimum atomic E-state index is -3.90. The summed E-state index contributed by atoms with van der Waals surface area (Å²) in [6.45, 7) is 4.17. The summed E-state index contributed by atoms with van der Waals surface area (Å²) in [4.78, 5) is 18.6. The van der Waals surface area contributed by atoms with E-state index in [9.17, 15) is 13.2 Å². The zero-order valence-corrected chi connectivity index (χ0v) is 12.3. The first-order valence-electron chi connectivity index (χ1n) is 6.09. The molecule has 0 fully saturated rings. The Labute approximate surface area is 121 Å². The van der Waals surface area contributed by atoms with Crippen LogP contribution in [0.25, 0.3) is 0 Å². The molecular weight excluding hydrogens is 296 g/mol. The number of rotatable bonds is 5. The van der Waals surface area contributed by atoms with E-state index in [1.807, 2.05) is 6.92 Å². The lowest BCUT2D eigenvalue weighted by atomic mass is 10.3. The van der Waals surface area contributed by atoms with Gasteiger partial charge >= 0.3 is 5.97 Å². The van der Waals surface area contributed by atoms with Crippen LogP contribution in [-0.2, 0) is 16.6 Å². The summed E-state index contributed by atoms with van der Waals surface area (Å²) in [5, 5.41) is 8.74. The second-order valence-corrected chi connectivity index (χ2v) is 5.88. The quantitative estimate of drug-likeness (QED) is 0.855.